The molecule has 19 heavy (non-hydrogen) atoms. The predicted molar refractivity (Wildman–Crippen MR) is 81.5 cm³/mol. The third kappa shape index (κ3) is 4.30. The first-order valence-corrected chi connectivity index (χ1v) is 9.46. The Balaban J connectivity index is 2.74. The smallest absolute Gasteiger partial charge is 0.192 e. The van der Waals surface area contributed by atoms with Crippen LogP contribution >= 0.6 is 0 Å². The van der Waals surface area contributed by atoms with Crippen LogP contribution in [0.15, 0.2) is 18.3 Å². The molecular weight excluding hydrogens is 256 g/mol. The fourth-order valence-corrected chi connectivity index (χ4v) is 2.42. The largest absolute Gasteiger partial charge is 0.414 e. The SMILES string of the molecule is COC(CO[Si](C)(C)C(C)(C)C)c1cc(N)ccn1. The zero-order valence-electron chi connectivity index (χ0n) is 12.9. The molecule has 0 aliphatic carbocycles. The summed E-state index contributed by atoms with van der Waals surface area (Å²) in [6.07, 6.45) is 1.53. The van der Waals surface area contributed by atoms with Gasteiger partial charge in [0, 0.05) is 19.0 Å². The molecule has 1 aromatic heterocycles. The molecular formula is C14H26N2O2Si. The summed E-state index contributed by atoms with van der Waals surface area (Å²) in [5, 5.41) is 0.189. The minimum Gasteiger partial charge on any atom is -0.414 e. The average molecular weight is 282 g/mol. The van der Waals surface area contributed by atoms with Gasteiger partial charge in [0.25, 0.3) is 0 Å². The van der Waals surface area contributed by atoms with Crippen molar-refractivity contribution in [3.05, 3.63) is 24.0 Å². The molecule has 2 N–H and O–H groups in total. The topological polar surface area (TPSA) is 57.4 Å². The van der Waals surface area contributed by atoms with E-state index in [1.54, 1.807) is 19.4 Å². The van der Waals surface area contributed by atoms with Crippen LogP contribution in [0.2, 0.25) is 18.1 Å². The number of hydrogen-bond donors (Lipinski definition) is 1. The van der Waals surface area contributed by atoms with Crippen LogP contribution in [0.3, 0.4) is 0 Å². The summed E-state index contributed by atoms with van der Waals surface area (Å²) in [6.45, 7) is 11.6. The normalized spacial score (nSPS) is 14.4. The second-order valence-corrected chi connectivity index (χ2v) is 11.1. The Morgan fingerprint density at radius 1 is 1.37 bits per heavy atom. The summed E-state index contributed by atoms with van der Waals surface area (Å²) in [5.74, 6) is 0. The molecule has 0 spiro atoms. The Kier molecular flexibility index (Phi) is 5.12. The van der Waals surface area contributed by atoms with Crippen LogP contribution in [0, 0.1) is 0 Å². The number of aromatic nitrogens is 1. The number of pyridine rings is 1. The van der Waals surface area contributed by atoms with Gasteiger partial charge in [-0.3, -0.25) is 4.98 Å². The van der Waals surface area contributed by atoms with Gasteiger partial charge in [-0.25, -0.2) is 0 Å². The summed E-state index contributed by atoms with van der Waals surface area (Å²) >= 11 is 0. The first-order valence-electron chi connectivity index (χ1n) is 6.55. The molecule has 1 heterocycles. The van der Waals surface area contributed by atoms with Crippen molar-refractivity contribution in [1.29, 1.82) is 0 Å². The van der Waals surface area contributed by atoms with Gasteiger partial charge in [-0.15, -0.1) is 0 Å². The van der Waals surface area contributed by atoms with E-state index in [0.717, 1.165) is 5.69 Å². The Labute approximate surface area is 117 Å². The van der Waals surface area contributed by atoms with Crippen molar-refractivity contribution in [2.24, 2.45) is 0 Å². The number of nitrogen functional groups attached to an aromatic ring is 1. The minimum atomic E-state index is -1.77. The van der Waals surface area contributed by atoms with Crippen molar-refractivity contribution in [2.75, 3.05) is 19.5 Å². The lowest BCUT2D eigenvalue weighted by Crippen LogP contribution is -2.41. The lowest BCUT2D eigenvalue weighted by atomic mass is 10.2. The summed E-state index contributed by atoms with van der Waals surface area (Å²) < 4.78 is 11.7. The monoisotopic (exact) mass is 282 g/mol. The summed E-state index contributed by atoms with van der Waals surface area (Å²) in [5.41, 5.74) is 7.29. The fraction of sp³-hybridized carbons (Fsp3) is 0.643. The number of nitrogens with two attached hydrogens (primary N) is 1. The number of methoxy groups -OCH3 is 1. The van der Waals surface area contributed by atoms with Gasteiger partial charge in [0.1, 0.15) is 6.10 Å². The predicted octanol–water partition coefficient (Wildman–Crippen LogP) is 3.37. The molecule has 4 nitrogen and oxygen atoms in total. The highest BCUT2D eigenvalue weighted by Crippen LogP contribution is 2.37. The van der Waals surface area contributed by atoms with Crippen molar-refractivity contribution in [3.8, 4) is 0 Å². The standard InChI is InChI=1S/C14H26N2O2Si/c1-14(2,3)19(5,6)18-10-13(17-4)12-9-11(15)7-8-16-12/h7-9,13H,10H2,1-6H3,(H2,15,16). The number of hydrogen-bond acceptors (Lipinski definition) is 4. The van der Waals surface area contributed by atoms with Gasteiger partial charge in [-0.05, 0) is 30.3 Å². The molecule has 108 valence electrons. The molecule has 5 heteroatoms. The number of ether oxygens (including phenoxy) is 1. The van der Waals surface area contributed by atoms with Gasteiger partial charge in [0.15, 0.2) is 8.32 Å². The van der Waals surface area contributed by atoms with E-state index in [1.165, 1.54) is 0 Å². The zero-order chi connectivity index (χ0) is 14.7. The second-order valence-electron chi connectivity index (χ2n) is 6.31. The molecule has 0 fully saturated rings. The maximum absolute atomic E-state index is 6.17. The first kappa shape index (κ1) is 16.1. The summed E-state index contributed by atoms with van der Waals surface area (Å²) in [6, 6.07) is 3.61. The molecule has 1 unspecified atom stereocenters. The molecule has 0 aromatic carbocycles. The van der Waals surface area contributed by atoms with Gasteiger partial charge >= 0.3 is 0 Å². The lowest BCUT2D eigenvalue weighted by Gasteiger charge is -2.37. The highest BCUT2D eigenvalue weighted by atomic mass is 28.4. The van der Waals surface area contributed by atoms with Crippen molar-refractivity contribution >= 4 is 14.0 Å². The Bertz CT molecular complexity index is 416. The molecule has 0 amide bonds. The third-order valence-electron chi connectivity index (χ3n) is 3.82. The second kappa shape index (κ2) is 6.03. The van der Waals surface area contributed by atoms with E-state index in [9.17, 15) is 0 Å². The van der Waals surface area contributed by atoms with Crippen LogP contribution in [-0.2, 0) is 9.16 Å². The minimum absolute atomic E-state index is 0.169. The molecule has 0 radical (unpaired) electrons. The summed E-state index contributed by atoms with van der Waals surface area (Å²) in [4.78, 5) is 4.30. The molecule has 1 rings (SSSR count). The van der Waals surface area contributed by atoms with Crippen molar-refractivity contribution < 1.29 is 9.16 Å². The van der Waals surface area contributed by atoms with Crippen molar-refractivity contribution in [3.63, 3.8) is 0 Å². The van der Waals surface area contributed by atoms with Gasteiger partial charge in [-0.1, -0.05) is 20.8 Å². The van der Waals surface area contributed by atoms with Crippen LogP contribution in [-0.4, -0.2) is 27.0 Å². The van der Waals surface area contributed by atoms with E-state index in [2.05, 4.69) is 38.8 Å². The average Bonchev–Trinajstić information content (AvgIpc) is 2.28. The van der Waals surface area contributed by atoms with Gasteiger partial charge in [0.05, 0.1) is 12.3 Å². The molecule has 1 atom stereocenters. The zero-order valence-corrected chi connectivity index (χ0v) is 13.9. The maximum Gasteiger partial charge on any atom is 0.192 e. The highest BCUT2D eigenvalue weighted by molar-refractivity contribution is 6.74. The maximum atomic E-state index is 6.17. The molecule has 0 aliphatic rings. The van der Waals surface area contributed by atoms with E-state index >= 15 is 0 Å². The van der Waals surface area contributed by atoms with E-state index in [-0.39, 0.29) is 11.1 Å². The molecule has 0 saturated heterocycles. The molecule has 0 aliphatic heterocycles. The Morgan fingerprint density at radius 2 is 2.00 bits per heavy atom. The van der Waals surface area contributed by atoms with E-state index in [1.807, 2.05) is 6.07 Å². The number of nitrogens with zero attached hydrogens (tertiary/aromatic N) is 1. The van der Waals surface area contributed by atoms with Crippen molar-refractivity contribution in [2.45, 2.75) is 45.0 Å². The number of anilines is 1. The quantitative estimate of drug-likeness (QED) is 0.841. The first-order chi connectivity index (χ1) is 8.67. The molecule has 1 aromatic rings. The van der Waals surface area contributed by atoms with Crippen LogP contribution in [0.25, 0.3) is 0 Å². The molecule has 0 bridgehead atoms. The highest BCUT2D eigenvalue weighted by Gasteiger charge is 2.37. The van der Waals surface area contributed by atoms with Crippen LogP contribution in [0.5, 0.6) is 0 Å². The Hall–Kier alpha value is -0.913. The third-order valence-corrected chi connectivity index (χ3v) is 8.32. The van der Waals surface area contributed by atoms with Crippen LogP contribution in [0.4, 0.5) is 5.69 Å². The van der Waals surface area contributed by atoms with Gasteiger partial charge in [0.2, 0.25) is 0 Å². The molecule has 0 saturated carbocycles. The number of rotatable bonds is 5. The van der Waals surface area contributed by atoms with E-state index < -0.39 is 8.32 Å². The summed E-state index contributed by atoms with van der Waals surface area (Å²) in [7, 11) is -0.0983. The lowest BCUT2D eigenvalue weighted by molar-refractivity contribution is 0.0496. The van der Waals surface area contributed by atoms with E-state index in [0.29, 0.717) is 12.3 Å². The van der Waals surface area contributed by atoms with Crippen LogP contribution in [0.1, 0.15) is 32.6 Å². The van der Waals surface area contributed by atoms with Gasteiger partial charge < -0.3 is 14.9 Å². The van der Waals surface area contributed by atoms with Crippen molar-refractivity contribution in [1.82, 2.24) is 4.98 Å². The van der Waals surface area contributed by atoms with Crippen LogP contribution < -0.4 is 5.73 Å². The fourth-order valence-electron chi connectivity index (χ4n) is 1.42. The Morgan fingerprint density at radius 3 is 2.47 bits per heavy atom. The van der Waals surface area contributed by atoms with Gasteiger partial charge in [-0.2, -0.15) is 0 Å². The van der Waals surface area contributed by atoms with E-state index in [4.69, 9.17) is 14.9 Å².